The molecule has 2 saturated heterocycles. The average Bonchev–Trinajstić information content (AvgIpc) is 3.15. The summed E-state index contributed by atoms with van der Waals surface area (Å²) in [6.45, 7) is 4.31. The highest BCUT2D eigenvalue weighted by molar-refractivity contribution is 7.18. The largest absolute Gasteiger partial charge is 0.393 e. The van der Waals surface area contributed by atoms with E-state index in [1.54, 1.807) is 17.5 Å². The summed E-state index contributed by atoms with van der Waals surface area (Å²) < 4.78 is 5.48. The molecule has 26 heavy (non-hydrogen) atoms. The van der Waals surface area contributed by atoms with E-state index in [-0.39, 0.29) is 12.0 Å². The summed E-state index contributed by atoms with van der Waals surface area (Å²) in [6.07, 6.45) is 4.64. The molecule has 2 aromatic heterocycles. The van der Waals surface area contributed by atoms with Gasteiger partial charge in [0, 0.05) is 49.7 Å². The molecule has 0 radical (unpaired) electrons. The molecule has 4 heterocycles. The predicted molar refractivity (Wildman–Crippen MR) is 102 cm³/mol. The van der Waals surface area contributed by atoms with Crippen LogP contribution in [0.25, 0.3) is 11.1 Å². The SMILES string of the molecule is O=C(c1cc(-c2cccnc2)c(N2CCOCC2)s1)N1CCC(O)CC1. The molecule has 2 aliphatic heterocycles. The Morgan fingerprint density at radius 1 is 1.23 bits per heavy atom. The number of rotatable bonds is 3. The predicted octanol–water partition coefficient (Wildman–Crippen LogP) is 2.24. The van der Waals surface area contributed by atoms with Gasteiger partial charge in [0.05, 0.1) is 29.2 Å². The van der Waals surface area contributed by atoms with Gasteiger partial charge in [-0.2, -0.15) is 0 Å². The van der Waals surface area contributed by atoms with Crippen LogP contribution in [0.5, 0.6) is 0 Å². The molecule has 6 nitrogen and oxygen atoms in total. The molecule has 1 N–H and O–H groups in total. The van der Waals surface area contributed by atoms with Crippen molar-refractivity contribution in [3.63, 3.8) is 0 Å². The lowest BCUT2D eigenvalue weighted by Gasteiger charge is -2.29. The normalized spacial score (nSPS) is 19.0. The first-order chi connectivity index (χ1) is 12.7. The zero-order chi connectivity index (χ0) is 17.9. The molecular weight excluding hydrogens is 350 g/mol. The maximum atomic E-state index is 13.0. The number of aliphatic hydroxyl groups is 1. The highest BCUT2D eigenvalue weighted by Gasteiger charge is 2.27. The van der Waals surface area contributed by atoms with Crippen LogP contribution in [-0.4, -0.2) is 66.4 Å². The fourth-order valence-electron chi connectivity index (χ4n) is 3.44. The Kier molecular flexibility index (Phi) is 5.19. The number of morpholine rings is 1. The van der Waals surface area contributed by atoms with Crippen molar-refractivity contribution in [1.29, 1.82) is 0 Å². The van der Waals surface area contributed by atoms with Gasteiger partial charge < -0.3 is 19.6 Å². The van der Waals surface area contributed by atoms with E-state index < -0.39 is 0 Å². The number of carbonyl (C=O) groups excluding carboxylic acids is 1. The van der Waals surface area contributed by atoms with Gasteiger partial charge in [-0.25, -0.2) is 0 Å². The molecule has 1 amide bonds. The van der Waals surface area contributed by atoms with E-state index >= 15 is 0 Å². The van der Waals surface area contributed by atoms with E-state index in [9.17, 15) is 9.90 Å². The highest BCUT2D eigenvalue weighted by Crippen LogP contribution is 2.39. The van der Waals surface area contributed by atoms with Gasteiger partial charge >= 0.3 is 0 Å². The van der Waals surface area contributed by atoms with Gasteiger partial charge in [-0.3, -0.25) is 9.78 Å². The van der Waals surface area contributed by atoms with Crippen molar-refractivity contribution in [2.75, 3.05) is 44.3 Å². The number of aromatic nitrogens is 1. The number of hydrogen-bond donors (Lipinski definition) is 1. The Bertz CT molecular complexity index is 751. The van der Waals surface area contributed by atoms with Crippen LogP contribution in [0.3, 0.4) is 0 Å². The molecule has 2 fully saturated rings. The van der Waals surface area contributed by atoms with Crippen molar-refractivity contribution in [3.8, 4) is 11.1 Å². The second kappa shape index (κ2) is 7.73. The standard InChI is InChI=1S/C19H23N3O3S/c23-15-3-6-21(7-4-15)18(24)17-12-16(14-2-1-5-20-13-14)19(26-17)22-8-10-25-11-9-22/h1-2,5,12-13,15,23H,3-4,6-11H2. The van der Waals surface area contributed by atoms with Gasteiger partial charge in [0.15, 0.2) is 0 Å². The number of pyridine rings is 1. The number of aliphatic hydroxyl groups excluding tert-OH is 1. The Balaban J connectivity index is 1.65. The summed E-state index contributed by atoms with van der Waals surface area (Å²) >= 11 is 1.55. The van der Waals surface area contributed by atoms with E-state index in [0.717, 1.165) is 34.1 Å². The van der Waals surface area contributed by atoms with Crippen molar-refractivity contribution in [1.82, 2.24) is 9.88 Å². The zero-order valence-corrected chi connectivity index (χ0v) is 15.5. The lowest BCUT2D eigenvalue weighted by molar-refractivity contribution is 0.0550. The van der Waals surface area contributed by atoms with Crippen LogP contribution in [0.2, 0.25) is 0 Å². The van der Waals surface area contributed by atoms with E-state index in [4.69, 9.17) is 4.74 Å². The minimum Gasteiger partial charge on any atom is -0.393 e. The number of anilines is 1. The topological polar surface area (TPSA) is 65.9 Å². The van der Waals surface area contributed by atoms with Crippen molar-refractivity contribution in [2.45, 2.75) is 18.9 Å². The quantitative estimate of drug-likeness (QED) is 0.894. The zero-order valence-electron chi connectivity index (χ0n) is 14.6. The maximum absolute atomic E-state index is 13.0. The number of likely N-dealkylation sites (tertiary alicyclic amines) is 1. The molecular formula is C19H23N3O3S. The first-order valence-electron chi connectivity index (χ1n) is 9.06. The Labute approximate surface area is 157 Å². The average molecular weight is 373 g/mol. The number of carbonyl (C=O) groups is 1. The first kappa shape index (κ1) is 17.5. The number of thiophene rings is 1. The summed E-state index contributed by atoms with van der Waals surface area (Å²) in [7, 11) is 0. The summed E-state index contributed by atoms with van der Waals surface area (Å²) in [5, 5.41) is 10.8. The number of nitrogens with zero attached hydrogens (tertiary/aromatic N) is 3. The molecule has 0 bridgehead atoms. The van der Waals surface area contributed by atoms with Crippen LogP contribution >= 0.6 is 11.3 Å². The van der Waals surface area contributed by atoms with Crippen molar-refractivity contribution < 1.29 is 14.6 Å². The van der Waals surface area contributed by atoms with Gasteiger partial charge in [-0.05, 0) is 25.0 Å². The molecule has 2 aromatic rings. The number of piperidine rings is 1. The third-order valence-electron chi connectivity index (χ3n) is 4.95. The van der Waals surface area contributed by atoms with Gasteiger partial charge in [0.1, 0.15) is 0 Å². The molecule has 0 aliphatic carbocycles. The van der Waals surface area contributed by atoms with Gasteiger partial charge in [0.2, 0.25) is 0 Å². The molecule has 0 spiro atoms. The van der Waals surface area contributed by atoms with E-state index in [2.05, 4.69) is 9.88 Å². The summed E-state index contributed by atoms with van der Waals surface area (Å²) in [5.74, 6) is 0.0616. The van der Waals surface area contributed by atoms with E-state index in [0.29, 0.717) is 39.1 Å². The van der Waals surface area contributed by atoms with Crippen molar-refractivity contribution >= 4 is 22.2 Å². The van der Waals surface area contributed by atoms with Crippen molar-refractivity contribution in [2.24, 2.45) is 0 Å². The summed E-state index contributed by atoms with van der Waals surface area (Å²) in [4.78, 5) is 22.1. The van der Waals surface area contributed by atoms with Crippen LogP contribution in [0, 0.1) is 0 Å². The Hall–Kier alpha value is -1.96. The molecule has 0 atom stereocenters. The molecule has 138 valence electrons. The molecule has 0 aromatic carbocycles. The monoisotopic (exact) mass is 373 g/mol. The molecule has 4 rings (SSSR count). The summed E-state index contributed by atoms with van der Waals surface area (Å²) in [6, 6.07) is 5.95. The Morgan fingerprint density at radius 2 is 2.00 bits per heavy atom. The number of hydrogen-bond acceptors (Lipinski definition) is 6. The molecule has 0 saturated carbocycles. The number of amides is 1. The van der Waals surface area contributed by atoms with Crippen LogP contribution in [0.15, 0.2) is 30.6 Å². The third-order valence-corrected chi connectivity index (χ3v) is 6.13. The second-order valence-corrected chi connectivity index (χ2v) is 7.72. The van der Waals surface area contributed by atoms with E-state index in [1.807, 2.05) is 29.3 Å². The second-order valence-electron chi connectivity index (χ2n) is 6.69. The third kappa shape index (κ3) is 3.60. The molecule has 0 unspecified atom stereocenters. The van der Waals surface area contributed by atoms with Crippen LogP contribution < -0.4 is 4.90 Å². The minimum atomic E-state index is -0.280. The van der Waals surface area contributed by atoms with E-state index in [1.165, 1.54) is 0 Å². The van der Waals surface area contributed by atoms with Crippen LogP contribution in [0.1, 0.15) is 22.5 Å². The number of ether oxygens (including phenoxy) is 1. The molecule has 2 aliphatic rings. The van der Waals surface area contributed by atoms with Gasteiger partial charge in [-0.15, -0.1) is 11.3 Å². The fourth-order valence-corrected chi connectivity index (χ4v) is 4.64. The van der Waals surface area contributed by atoms with Crippen molar-refractivity contribution in [3.05, 3.63) is 35.5 Å². The minimum absolute atomic E-state index is 0.0616. The lowest BCUT2D eigenvalue weighted by Crippen LogP contribution is -2.39. The van der Waals surface area contributed by atoms with Gasteiger partial charge in [0.25, 0.3) is 5.91 Å². The smallest absolute Gasteiger partial charge is 0.264 e. The maximum Gasteiger partial charge on any atom is 0.264 e. The molecule has 7 heteroatoms. The summed E-state index contributed by atoms with van der Waals surface area (Å²) in [5.41, 5.74) is 2.09. The van der Waals surface area contributed by atoms with Crippen LogP contribution in [0.4, 0.5) is 5.00 Å². The fraction of sp³-hybridized carbons (Fsp3) is 0.474. The first-order valence-corrected chi connectivity index (χ1v) is 9.88. The lowest BCUT2D eigenvalue weighted by atomic mass is 10.1. The highest BCUT2D eigenvalue weighted by atomic mass is 32.1. The Morgan fingerprint density at radius 3 is 2.69 bits per heavy atom. The van der Waals surface area contributed by atoms with Crippen LogP contribution in [-0.2, 0) is 4.74 Å². The van der Waals surface area contributed by atoms with Gasteiger partial charge in [-0.1, -0.05) is 6.07 Å².